The normalized spacial score (nSPS) is 10.6. The summed E-state index contributed by atoms with van der Waals surface area (Å²) in [4.78, 5) is 20.1. The minimum absolute atomic E-state index is 0.168. The van der Waals surface area contributed by atoms with Gasteiger partial charge in [-0.05, 0) is 30.2 Å². The SMILES string of the molecule is Cc1cc(F)ccc1CNc1nc(Nc2cnn(C)c2)ncc1C(N)=O. The largest absolute Gasteiger partial charge is 0.365 e. The lowest BCUT2D eigenvalue weighted by atomic mass is 10.1. The number of carbonyl (C=O) groups is 1. The van der Waals surface area contributed by atoms with Gasteiger partial charge in [0.15, 0.2) is 0 Å². The van der Waals surface area contributed by atoms with Gasteiger partial charge in [0.1, 0.15) is 11.6 Å². The lowest BCUT2D eigenvalue weighted by Gasteiger charge is -2.12. The summed E-state index contributed by atoms with van der Waals surface area (Å²) in [7, 11) is 1.79. The molecule has 0 unspecified atom stereocenters. The van der Waals surface area contributed by atoms with Crippen LogP contribution in [0, 0.1) is 12.7 Å². The average molecular weight is 355 g/mol. The fourth-order valence-electron chi connectivity index (χ4n) is 2.41. The third-order valence-corrected chi connectivity index (χ3v) is 3.77. The van der Waals surface area contributed by atoms with Crippen LogP contribution in [-0.4, -0.2) is 25.7 Å². The van der Waals surface area contributed by atoms with Crippen molar-refractivity contribution < 1.29 is 9.18 Å². The fraction of sp³-hybridized carbons (Fsp3) is 0.176. The summed E-state index contributed by atoms with van der Waals surface area (Å²) in [5, 5.41) is 10.1. The zero-order valence-corrected chi connectivity index (χ0v) is 14.3. The number of amides is 1. The number of carbonyl (C=O) groups excluding carboxylic acids is 1. The van der Waals surface area contributed by atoms with E-state index in [9.17, 15) is 9.18 Å². The van der Waals surface area contributed by atoms with Crippen molar-refractivity contribution in [1.82, 2.24) is 19.7 Å². The molecule has 1 amide bonds. The van der Waals surface area contributed by atoms with E-state index in [0.29, 0.717) is 24.0 Å². The van der Waals surface area contributed by atoms with Crippen LogP contribution in [0.15, 0.2) is 36.8 Å². The summed E-state index contributed by atoms with van der Waals surface area (Å²) in [6.07, 6.45) is 4.74. The molecule has 3 aromatic rings. The monoisotopic (exact) mass is 355 g/mol. The first-order valence-corrected chi connectivity index (χ1v) is 7.84. The molecule has 0 spiro atoms. The summed E-state index contributed by atoms with van der Waals surface area (Å²) in [6, 6.07) is 4.51. The predicted molar refractivity (Wildman–Crippen MR) is 95.5 cm³/mol. The highest BCUT2D eigenvalue weighted by atomic mass is 19.1. The van der Waals surface area contributed by atoms with E-state index in [1.165, 1.54) is 18.3 Å². The van der Waals surface area contributed by atoms with Crippen molar-refractivity contribution in [3.8, 4) is 0 Å². The molecule has 0 aliphatic rings. The minimum atomic E-state index is -0.642. The van der Waals surface area contributed by atoms with Crippen LogP contribution in [0.3, 0.4) is 0 Å². The van der Waals surface area contributed by atoms with Crippen molar-refractivity contribution in [2.24, 2.45) is 12.8 Å². The molecule has 0 radical (unpaired) electrons. The average Bonchev–Trinajstić information content (AvgIpc) is 2.99. The van der Waals surface area contributed by atoms with Gasteiger partial charge < -0.3 is 16.4 Å². The first-order chi connectivity index (χ1) is 12.4. The van der Waals surface area contributed by atoms with Crippen molar-refractivity contribution in [2.75, 3.05) is 10.6 Å². The number of halogens is 1. The Hall–Kier alpha value is -3.49. The van der Waals surface area contributed by atoms with E-state index in [-0.39, 0.29) is 11.4 Å². The molecule has 0 saturated heterocycles. The second-order valence-corrected chi connectivity index (χ2v) is 5.77. The van der Waals surface area contributed by atoms with Crippen LogP contribution in [0.2, 0.25) is 0 Å². The number of nitrogens with one attached hydrogen (secondary N) is 2. The Morgan fingerprint density at radius 1 is 1.35 bits per heavy atom. The van der Waals surface area contributed by atoms with Gasteiger partial charge in [0.25, 0.3) is 5.91 Å². The summed E-state index contributed by atoms with van der Waals surface area (Å²) in [5.41, 5.74) is 7.94. The molecule has 2 aromatic heterocycles. The van der Waals surface area contributed by atoms with Gasteiger partial charge in [0, 0.05) is 26.0 Å². The second-order valence-electron chi connectivity index (χ2n) is 5.77. The molecule has 1 aromatic carbocycles. The fourth-order valence-corrected chi connectivity index (χ4v) is 2.41. The van der Waals surface area contributed by atoms with Crippen LogP contribution in [0.1, 0.15) is 21.5 Å². The quantitative estimate of drug-likeness (QED) is 0.624. The Morgan fingerprint density at radius 3 is 2.81 bits per heavy atom. The minimum Gasteiger partial charge on any atom is -0.365 e. The number of primary amides is 1. The number of nitrogens with two attached hydrogens (primary N) is 1. The van der Waals surface area contributed by atoms with Crippen LogP contribution in [0.4, 0.5) is 21.8 Å². The van der Waals surface area contributed by atoms with Crippen molar-refractivity contribution in [2.45, 2.75) is 13.5 Å². The summed E-state index contributed by atoms with van der Waals surface area (Å²) < 4.78 is 14.9. The van der Waals surface area contributed by atoms with Gasteiger partial charge in [0.05, 0.1) is 17.4 Å². The molecular weight excluding hydrogens is 337 g/mol. The standard InChI is InChI=1S/C17H18FN7O/c1-10-5-12(18)4-3-11(10)6-20-16-14(15(19)26)8-21-17(24-16)23-13-7-22-25(2)9-13/h3-5,7-9H,6H2,1-2H3,(H2,19,26)(H2,20,21,23,24). The molecule has 0 saturated carbocycles. The highest BCUT2D eigenvalue weighted by molar-refractivity contribution is 5.97. The third kappa shape index (κ3) is 3.94. The molecule has 2 heterocycles. The van der Waals surface area contributed by atoms with Crippen molar-refractivity contribution in [3.63, 3.8) is 0 Å². The maximum Gasteiger partial charge on any atom is 0.254 e. The smallest absolute Gasteiger partial charge is 0.254 e. The third-order valence-electron chi connectivity index (χ3n) is 3.77. The number of nitrogens with zero attached hydrogens (tertiary/aromatic N) is 4. The first kappa shape index (κ1) is 17.3. The molecule has 0 aliphatic heterocycles. The van der Waals surface area contributed by atoms with Gasteiger partial charge in [-0.25, -0.2) is 9.37 Å². The van der Waals surface area contributed by atoms with Crippen molar-refractivity contribution >= 4 is 23.4 Å². The van der Waals surface area contributed by atoms with Crippen molar-refractivity contribution in [1.29, 1.82) is 0 Å². The number of rotatable bonds is 6. The van der Waals surface area contributed by atoms with Crippen LogP contribution >= 0.6 is 0 Å². The van der Waals surface area contributed by atoms with E-state index in [0.717, 1.165) is 11.1 Å². The van der Waals surface area contributed by atoms with E-state index in [4.69, 9.17) is 5.73 Å². The lowest BCUT2D eigenvalue weighted by Crippen LogP contribution is -2.17. The zero-order valence-electron chi connectivity index (χ0n) is 14.3. The Balaban J connectivity index is 1.83. The van der Waals surface area contributed by atoms with Gasteiger partial charge in [-0.1, -0.05) is 6.07 Å². The van der Waals surface area contributed by atoms with Gasteiger partial charge in [-0.2, -0.15) is 10.1 Å². The van der Waals surface area contributed by atoms with Crippen LogP contribution in [-0.2, 0) is 13.6 Å². The Labute approximate surface area is 149 Å². The van der Waals surface area contributed by atoms with Gasteiger partial charge in [0.2, 0.25) is 5.95 Å². The van der Waals surface area contributed by atoms with Crippen molar-refractivity contribution in [3.05, 3.63) is 59.3 Å². The number of anilines is 3. The molecule has 3 rings (SSSR count). The summed E-state index contributed by atoms with van der Waals surface area (Å²) in [5.74, 6) is -0.353. The molecule has 0 aliphatic carbocycles. The van der Waals surface area contributed by atoms with E-state index >= 15 is 0 Å². The van der Waals surface area contributed by atoms with Gasteiger partial charge in [-0.15, -0.1) is 0 Å². The first-order valence-electron chi connectivity index (χ1n) is 7.84. The topological polar surface area (TPSA) is 111 Å². The van der Waals surface area contributed by atoms with E-state index < -0.39 is 5.91 Å². The highest BCUT2D eigenvalue weighted by Crippen LogP contribution is 2.19. The number of hydrogen-bond acceptors (Lipinski definition) is 6. The maximum absolute atomic E-state index is 13.2. The molecule has 134 valence electrons. The Kier molecular flexibility index (Phi) is 4.78. The van der Waals surface area contributed by atoms with Crippen LogP contribution < -0.4 is 16.4 Å². The van der Waals surface area contributed by atoms with Crippen LogP contribution in [0.25, 0.3) is 0 Å². The molecule has 26 heavy (non-hydrogen) atoms. The number of aryl methyl sites for hydroxylation is 2. The second kappa shape index (κ2) is 7.18. The number of benzene rings is 1. The summed E-state index contributed by atoms with van der Waals surface area (Å²) >= 11 is 0. The van der Waals surface area contributed by atoms with Gasteiger partial charge in [-0.3, -0.25) is 9.48 Å². The molecule has 0 atom stereocenters. The molecule has 0 bridgehead atoms. The van der Waals surface area contributed by atoms with E-state index in [1.807, 2.05) is 6.92 Å². The summed E-state index contributed by atoms with van der Waals surface area (Å²) in [6.45, 7) is 2.17. The number of hydrogen-bond donors (Lipinski definition) is 3. The molecule has 0 fully saturated rings. The molecule has 9 heteroatoms. The lowest BCUT2D eigenvalue weighted by molar-refractivity contribution is 0.100. The Morgan fingerprint density at radius 2 is 2.15 bits per heavy atom. The molecule has 4 N–H and O–H groups in total. The van der Waals surface area contributed by atoms with E-state index in [1.54, 1.807) is 30.2 Å². The maximum atomic E-state index is 13.2. The Bertz CT molecular complexity index is 954. The number of aromatic nitrogens is 4. The van der Waals surface area contributed by atoms with E-state index in [2.05, 4.69) is 25.7 Å². The predicted octanol–water partition coefficient (Wildman–Crippen LogP) is 2.11. The van der Waals surface area contributed by atoms with Gasteiger partial charge >= 0.3 is 0 Å². The molecular formula is C17H18FN7O. The van der Waals surface area contributed by atoms with Crippen LogP contribution in [0.5, 0.6) is 0 Å². The highest BCUT2D eigenvalue weighted by Gasteiger charge is 2.13. The zero-order chi connectivity index (χ0) is 18.7. The molecule has 8 nitrogen and oxygen atoms in total.